The van der Waals surface area contributed by atoms with Crippen LogP contribution < -0.4 is 11.2 Å². The molecule has 1 aliphatic heterocycles. The molecular weight excluding hydrogens is 488 g/mol. The third kappa shape index (κ3) is 5.61. The Balaban J connectivity index is 1.67. The summed E-state index contributed by atoms with van der Waals surface area (Å²) < 4.78 is 6.38. The zero-order chi connectivity index (χ0) is 27.2. The van der Waals surface area contributed by atoms with Crippen LogP contribution in [0.4, 0.5) is 10.6 Å². The van der Waals surface area contributed by atoms with Gasteiger partial charge in [-0.15, -0.1) is 0 Å². The van der Waals surface area contributed by atoms with Gasteiger partial charge in [-0.1, -0.05) is 31.9 Å². The van der Waals surface area contributed by atoms with E-state index in [9.17, 15) is 19.5 Å². The third-order valence-electron chi connectivity index (χ3n) is 6.60. The Morgan fingerprint density at radius 2 is 1.89 bits per heavy atom. The number of ether oxygens (including phenoxy) is 1. The summed E-state index contributed by atoms with van der Waals surface area (Å²) in [5.74, 6) is 6.11. The predicted octanol–water partition coefficient (Wildman–Crippen LogP) is 4.25. The lowest BCUT2D eigenvalue weighted by atomic mass is 10.1. The van der Waals surface area contributed by atoms with Gasteiger partial charge in [-0.3, -0.25) is 9.69 Å². The first-order valence-electron chi connectivity index (χ1n) is 12.7. The first kappa shape index (κ1) is 26.6. The summed E-state index contributed by atoms with van der Waals surface area (Å²) in [5, 5.41) is 12.6. The molecule has 1 atom stereocenters. The fraction of sp³-hybridized carbons (Fsp3) is 0.370. The molecule has 0 radical (unpaired) electrons. The molecule has 2 aromatic heterocycles. The molecule has 1 aromatic carbocycles. The Morgan fingerprint density at radius 3 is 2.58 bits per heavy atom. The lowest BCUT2D eigenvalue weighted by molar-refractivity contribution is 0.0516. The Labute approximate surface area is 220 Å². The van der Waals surface area contributed by atoms with E-state index in [2.05, 4.69) is 15.3 Å². The van der Waals surface area contributed by atoms with Crippen molar-refractivity contribution >= 4 is 23.8 Å². The molecule has 4 N–H and O–H groups in total. The van der Waals surface area contributed by atoms with Crippen molar-refractivity contribution in [2.45, 2.75) is 52.0 Å². The second kappa shape index (κ2) is 11.8. The summed E-state index contributed by atoms with van der Waals surface area (Å²) in [6.07, 6.45) is 4.39. The number of carboxylic acid groups (broad SMARTS) is 1. The molecule has 1 saturated heterocycles. The fourth-order valence-corrected chi connectivity index (χ4v) is 4.62. The largest absolute Gasteiger partial charge is 0.465 e. The quantitative estimate of drug-likeness (QED) is 0.309. The Hall–Kier alpha value is -4.41. The van der Waals surface area contributed by atoms with Gasteiger partial charge in [0, 0.05) is 23.9 Å². The summed E-state index contributed by atoms with van der Waals surface area (Å²) in [7, 11) is 0. The molecule has 0 saturated carbocycles. The van der Waals surface area contributed by atoms with E-state index >= 15 is 0 Å². The summed E-state index contributed by atoms with van der Waals surface area (Å²) in [6, 6.07) is 9.69. The number of hydrogen-bond acceptors (Lipinski definition) is 7. The number of benzene rings is 1. The second-order valence-corrected chi connectivity index (χ2v) is 9.03. The molecule has 3 aromatic rings. The van der Waals surface area contributed by atoms with Crippen molar-refractivity contribution in [1.82, 2.24) is 19.5 Å². The minimum atomic E-state index is -1.06. The average Bonchev–Trinajstić information content (AvgIpc) is 3.08. The maximum Gasteiger partial charge on any atom is 0.407 e. The topological polar surface area (TPSA) is 153 Å². The Morgan fingerprint density at radius 1 is 1.13 bits per heavy atom. The average molecular weight is 521 g/mol. The Kier molecular flexibility index (Phi) is 8.25. The zero-order valence-electron chi connectivity index (χ0n) is 21.5. The van der Waals surface area contributed by atoms with Crippen molar-refractivity contribution in [1.29, 1.82) is 0 Å². The number of carbonyl (C=O) groups excluding carboxylic acids is 2. The van der Waals surface area contributed by atoms with E-state index in [4.69, 9.17) is 10.6 Å². The number of amides is 2. The SMILES string of the molecule is CCOC(=O)c1c(-c2ccc(C(=O)Nc3cc(CC)ccn3)cc2)nc([C@@H]2CCCCCN2C(=O)O)n1N. The minimum Gasteiger partial charge on any atom is -0.465 e. The van der Waals surface area contributed by atoms with Crippen LogP contribution in [0.5, 0.6) is 0 Å². The molecule has 4 rings (SSSR count). The van der Waals surface area contributed by atoms with Crippen molar-refractivity contribution < 1.29 is 24.2 Å². The molecule has 0 spiro atoms. The highest BCUT2D eigenvalue weighted by atomic mass is 16.5. The highest BCUT2D eigenvalue weighted by Crippen LogP contribution is 2.33. The van der Waals surface area contributed by atoms with Gasteiger partial charge in [0.25, 0.3) is 5.91 Å². The summed E-state index contributed by atoms with van der Waals surface area (Å²) >= 11 is 0. The van der Waals surface area contributed by atoms with Crippen molar-refractivity contribution in [3.05, 3.63) is 65.2 Å². The first-order chi connectivity index (χ1) is 18.3. The van der Waals surface area contributed by atoms with Crippen molar-refractivity contribution in [2.75, 3.05) is 24.3 Å². The molecule has 0 bridgehead atoms. The van der Waals surface area contributed by atoms with E-state index in [1.54, 1.807) is 37.4 Å². The van der Waals surface area contributed by atoms with Crippen LogP contribution in [0, 0.1) is 0 Å². The van der Waals surface area contributed by atoms with Gasteiger partial charge in [0.15, 0.2) is 11.5 Å². The van der Waals surface area contributed by atoms with Gasteiger partial charge in [0.05, 0.1) is 12.6 Å². The van der Waals surface area contributed by atoms with Gasteiger partial charge in [0.2, 0.25) is 0 Å². The fourth-order valence-electron chi connectivity index (χ4n) is 4.62. The highest BCUT2D eigenvalue weighted by Gasteiger charge is 2.34. The van der Waals surface area contributed by atoms with Crippen LogP contribution in [-0.4, -0.2) is 55.8 Å². The monoisotopic (exact) mass is 520 g/mol. The first-order valence-corrected chi connectivity index (χ1v) is 12.7. The highest BCUT2D eigenvalue weighted by molar-refractivity contribution is 6.04. The van der Waals surface area contributed by atoms with Gasteiger partial charge >= 0.3 is 12.1 Å². The molecule has 0 aliphatic carbocycles. The van der Waals surface area contributed by atoms with E-state index in [0.29, 0.717) is 29.9 Å². The number of aromatic nitrogens is 3. The Bertz CT molecular complexity index is 1320. The number of carbonyl (C=O) groups is 3. The van der Waals surface area contributed by atoms with E-state index < -0.39 is 18.1 Å². The normalized spacial score (nSPS) is 15.5. The number of aryl methyl sites for hydroxylation is 1. The number of hydrogen-bond donors (Lipinski definition) is 3. The van der Waals surface area contributed by atoms with Crippen molar-refractivity contribution in [3.63, 3.8) is 0 Å². The molecule has 11 nitrogen and oxygen atoms in total. The van der Waals surface area contributed by atoms with E-state index in [1.807, 2.05) is 19.1 Å². The zero-order valence-corrected chi connectivity index (χ0v) is 21.5. The van der Waals surface area contributed by atoms with E-state index in [1.165, 1.54) is 4.90 Å². The van der Waals surface area contributed by atoms with Gasteiger partial charge < -0.3 is 21.0 Å². The number of imidazole rings is 1. The maximum absolute atomic E-state index is 12.9. The standard InChI is InChI=1S/C27H32N6O5/c1-3-17-13-14-29-21(16-17)30-25(34)19-11-9-18(10-12-19)22-23(26(35)38-4-2)33(28)24(31-22)20-8-6-5-7-15-32(20)27(36)37/h9-14,16,20H,3-8,15,28H2,1-2H3,(H,36,37)(H,29,30,34)/t20-/m0/s1. The van der Waals surface area contributed by atoms with Gasteiger partial charge in [-0.05, 0) is 56.0 Å². The molecule has 38 heavy (non-hydrogen) atoms. The molecule has 3 heterocycles. The predicted molar refractivity (Wildman–Crippen MR) is 141 cm³/mol. The molecule has 0 unspecified atom stereocenters. The minimum absolute atomic E-state index is 0.0224. The summed E-state index contributed by atoms with van der Waals surface area (Å²) in [4.78, 5) is 47.9. The van der Waals surface area contributed by atoms with Crippen LogP contribution >= 0.6 is 0 Å². The summed E-state index contributed by atoms with van der Waals surface area (Å²) in [5.41, 5.74) is 2.27. The maximum atomic E-state index is 12.9. The van der Waals surface area contributed by atoms with Crippen LogP contribution in [0.3, 0.4) is 0 Å². The number of likely N-dealkylation sites (tertiary alicyclic amines) is 1. The molecule has 200 valence electrons. The van der Waals surface area contributed by atoms with Gasteiger partial charge in [-0.25, -0.2) is 24.2 Å². The number of nitrogen functional groups attached to an aromatic ring is 1. The number of nitrogens with one attached hydrogen (secondary N) is 1. The van der Waals surface area contributed by atoms with Crippen LogP contribution in [0.2, 0.25) is 0 Å². The number of nitrogens with two attached hydrogens (primary N) is 1. The van der Waals surface area contributed by atoms with Crippen LogP contribution in [0.15, 0.2) is 42.6 Å². The van der Waals surface area contributed by atoms with Crippen molar-refractivity contribution in [2.24, 2.45) is 0 Å². The second-order valence-electron chi connectivity index (χ2n) is 9.03. The molecule has 1 aliphatic rings. The lowest BCUT2D eigenvalue weighted by Gasteiger charge is -2.26. The van der Waals surface area contributed by atoms with Crippen molar-refractivity contribution in [3.8, 4) is 11.3 Å². The summed E-state index contributed by atoms with van der Waals surface area (Å²) in [6.45, 7) is 4.20. The van der Waals surface area contributed by atoms with Crippen LogP contribution in [0.1, 0.15) is 77.8 Å². The van der Waals surface area contributed by atoms with E-state index in [-0.39, 0.29) is 29.7 Å². The molecule has 11 heteroatoms. The smallest absolute Gasteiger partial charge is 0.407 e. The van der Waals surface area contributed by atoms with Gasteiger partial charge in [0.1, 0.15) is 11.5 Å². The van der Waals surface area contributed by atoms with Crippen LogP contribution in [-0.2, 0) is 11.2 Å². The molecule has 2 amide bonds. The number of pyridine rings is 1. The number of rotatable bonds is 7. The van der Waals surface area contributed by atoms with E-state index in [0.717, 1.165) is 35.9 Å². The molecular formula is C27H32N6O5. The number of anilines is 1. The van der Waals surface area contributed by atoms with Gasteiger partial charge in [-0.2, -0.15) is 0 Å². The number of esters is 1. The number of nitrogens with zero attached hydrogens (tertiary/aromatic N) is 4. The molecule has 1 fully saturated rings. The third-order valence-corrected chi connectivity index (χ3v) is 6.60. The lowest BCUT2D eigenvalue weighted by Crippen LogP contribution is -2.36. The van der Waals surface area contributed by atoms with Crippen LogP contribution in [0.25, 0.3) is 11.3 Å².